The van der Waals surface area contributed by atoms with E-state index in [9.17, 15) is 0 Å². The van der Waals surface area contributed by atoms with Gasteiger partial charge in [0.15, 0.2) is 5.16 Å². The zero-order chi connectivity index (χ0) is 21.4. The molecule has 1 saturated heterocycles. The Morgan fingerprint density at radius 3 is 2.74 bits per heavy atom. The van der Waals surface area contributed by atoms with Crippen molar-refractivity contribution in [3.05, 3.63) is 47.6 Å². The first-order valence-electron chi connectivity index (χ1n) is 9.77. The highest BCUT2D eigenvalue weighted by atomic mass is 35.5. The second-order valence-corrected chi connectivity index (χ2v) is 8.50. The number of nitrogens with zero attached hydrogens (tertiary/aromatic N) is 6. The van der Waals surface area contributed by atoms with Crippen LogP contribution in [-0.2, 0) is 6.42 Å². The van der Waals surface area contributed by atoms with Gasteiger partial charge >= 0.3 is 6.01 Å². The normalized spacial score (nSPS) is 14.1. The van der Waals surface area contributed by atoms with Crippen LogP contribution in [0.4, 0.5) is 5.82 Å². The molecule has 4 aromatic heterocycles. The van der Waals surface area contributed by atoms with Crippen molar-refractivity contribution in [3.8, 4) is 11.8 Å². The van der Waals surface area contributed by atoms with Crippen LogP contribution >= 0.6 is 23.4 Å². The Bertz CT molecular complexity index is 1210. The Labute approximate surface area is 187 Å². The molecule has 9 nitrogen and oxygen atoms in total. The minimum absolute atomic E-state index is 0.144. The largest absolute Gasteiger partial charge is 0.423 e. The molecule has 0 amide bonds. The first-order valence-corrected chi connectivity index (χ1v) is 11.0. The summed E-state index contributed by atoms with van der Waals surface area (Å²) in [5.41, 5.74) is 7.65. The van der Waals surface area contributed by atoms with Gasteiger partial charge in [0.2, 0.25) is 0 Å². The van der Waals surface area contributed by atoms with E-state index in [2.05, 4.69) is 29.8 Å². The summed E-state index contributed by atoms with van der Waals surface area (Å²) in [4.78, 5) is 28.2. The van der Waals surface area contributed by atoms with Crippen molar-refractivity contribution in [1.82, 2.24) is 29.9 Å². The molecule has 0 bridgehead atoms. The summed E-state index contributed by atoms with van der Waals surface area (Å²) < 4.78 is 5.59. The van der Waals surface area contributed by atoms with Crippen LogP contribution in [0.2, 0.25) is 5.02 Å². The number of H-pyrrole nitrogens is 1. The van der Waals surface area contributed by atoms with Gasteiger partial charge in [0, 0.05) is 43.4 Å². The zero-order valence-corrected chi connectivity index (χ0v) is 18.2. The molecule has 3 N–H and O–H groups in total. The summed E-state index contributed by atoms with van der Waals surface area (Å²) in [6.07, 6.45) is 7.41. The maximum atomic E-state index is 6.61. The van der Waals surface area contributed by atoms with E-state index in [1.165, 1.54) is 11.8 Å². The Balaban J connectivity index is 1.42. The number of anilines is 1. The SMILES string of the molecule is CCc1[nH]c2nc(Sc3cnc(Oc4cccnc4)nc3)nc(N3CC(N)C3)c2c1Cl. The second-order valence-electron chi connectivity index (χ2n) is 7.08. The van der Waals surface area contributed by atoms with Crippen molar-refractivity contribution < 1.29 is 4.74 Å². The number of aromatic nitrogens is 6. The minimum atomic E-state index is 0.144. The number of halogens is 1. The van der Waals surface area contributed by atoms with Crippen molar-refractivity contribution in [2.45, 2.75) is 29.4 Å². The highest BCUT2D eigenvalue weighted by Crippen LogP contribution is 2.37. The van der Waals surface area contributed by atoms with E-state index in [1.54, 1.807) is 36.9 Å². The first-order chi connectivity index (χ1) is 15.1. The summed E-state index contributed by atoms with van der Waals surface area (Å²) in [6.45, 7) is 3.52. The molecule has 158 valence electrons. The van der Waals surface area contributed by atoms with Gasteiger partial charge in [0.1, 0.15) is 17.2 Å². The lowest BCUT2D eigenvalue weighted by atomic mass is 10.1. The number of hydrogen-bond acceptors (Lipinski definition) is 9. The average Bonchev–Trinajstić information content (AvgIpc) is 3.09. The van der Waals surface area contributed by atoms with E-state index in [4.69, 9.17) is 27.1 Å². The minimum Gasteiger partial charge on any atom is -0.423 e. The van der Waals surface area contributed by atoms with Gasteiger partial charge in [0.05, 0.1) is 21.5 Å². The van der Waals surface area contributed by atoms with Crippen LogP contribution in [0.5, 0.6) is 11.8 Å². The number of aryl methyl sites for hydroxylation is 1. The Morgan fingerprint density at radius 1 is 1.26 bits per heavy atom. The molecule has 11 heteroatoms. The van der Waals surface area contributed by atoms with Crippen LogP contribution in [0, 0.1) is 0 Å². The number of rotatable bonds is 6. The highest BCUT2D eigenvalue weighted by Gasteiger charge is 2.29. The summed E-state index contributed by atoms with van der Waals surface area (Å²) in [5.74, 6) is 1.37. The maximum Gasteiger partial charge on any atom is 0.321 e. The van der Waals surface area contributed by atoms with E-state index in [0.717, 1.165) is 41.3 Å². The predicted molar refractivity (Wildman–Crippen MR) is 119 cm³/mol. The lowest BCUT2D eigenvalue weighted by Crippen LogP contribution is -2.56. The summed E-state index contributed by atoms with van der Waals surface area (Å²) in [6, 6.07) is 3.96. The molecular formula is C20H19ClN8OS. The molecule has 31 heavy (non-hydrogen) atoms. The van der Waals surface area contributed by atoms with Crippen LogP contribution in [0.15, 0.2) is 47.0 Å². The lowest BCUT2D eigenvalue weighted by molar-refractivity contribution is 0.438. The molecule has 1 aliphatic heterocycles. The Morgan fingerprint density at radius 2 is 2.06 bits per heavy atom. The van der Waals surface area contributed by atoms with E-state index in [0.29, 0.717) is 21.6 Å². The predicted octanol–water partition coefficient (Wildman–Crippen LogP) is 3.45. The van der Waals surface area contributed by atoms with Gasteiger partial charge in [-0.2, -0.15) is 0 Å². The molecule has 4 aromatic rings. The van der Waals surface area contributed by atoms with Gasteiger partial charge in [-0.1, -0.05) is 18.5 Å². The maximum absolute atomic E-state index is 6.61. The molecule has 1 fully saturated rings. The molecule has 5 rings (SSSR count). The van der Waals surface area contributed by atoms with Crippen LogP contribution in [0.1, 0.15) is 12.6 Å². The molecule has 0 aromatic carbocycles. The zero-order valence-electron chi connectivity index (χ0n) is 16.6. The molecule has 0 spiro atoms. The third kappa shape index (κ3) is 4.01. The smallest absolute Gasteiger partial charge is 0.321 e. The number of nitrogens with two attached hydrogens (primary N) is 1. The average molecular weight is 455 g/mol. The van der Waals surface area contributed by atoms with Crippen LogP contribution in [0.3, 0.4) is 0 Å². The van der Waals surface area contributed by atoms with Crippen LogP contribution < -0.4 is 15.4 Å². The number of ether oxygens (including phenoxy) is 1. The Hall–Kier alpha value is -2.95. The van der Waals surface area contributed by atoms with E-state index in [1.807, 2.05) is 6.92 Å². The summed E-state index contributed by atoms with van der Waals surface area (Å²) in [7, 11) is 0. The first kappa shape index (κ1) is 20.0. The third-order valence-electron chi connectivity index (χ3n) is 4.84. The number of pyridine rings is 1. The summed E-state index contributed by atoms with van der Waals surface area (Å²) >= 11 is 7.98. The number of fused-ring (bicyclic) bond motifs is 1. The molecule has 5 heterocycles. The molecule has 0 radical (unpaired) electrons. The van der Waals surface area contributed by atoms with E-state index < -0.39 is 0 Å². The van der Waals surface area contributed by atoms with Crippen molar-refractivity contribution in [2.24, 2.45) is 5.73 Å². The molecule has 0 aliphatic carbocycles. The van der Waals surface area contributed by atoms with Gasteiger partial charge in [-0.25, -0.2) is 19.9 Å². The van der Waals surface area contributed by atoms with Crippen LogP contribution in [0.25, 0.3) is 11.0 Å². The fraction of sp³-hybridized carbons (Fsp3) is 0.250. The van der Waals surface area contributed by atoms with Crippen molar-refractivity contribution in [3.63, 3.8) is 0 Å². The molecule has 0 unspecified atom stereocenters. The van der Waals surface area contributed by atoms with Crippen molar-refractivity contribution in [1.29, 1.82) is 0 Å². The van der Waals surface area contributed by atoms with Gasteiger partial charge in [-0.3, -0.25) is 4.98 Å². The molecule has 1 aliphatic rings. The van der Waals surface area contributed by atoms with Gasteiger partial charge in [-0.05, 0) is 30.3 Å². The van der Waals surface area contributed by atoms with Gasteiger partial charge < -0.3 is 20.4 Å². The highest BCUT2D eigenvalue weighted by molar-refractivity contribution is 7.99. The second kappa shape index (κ2) is 8.29. The van der Waals surface area contributed by atoms with E-state index >= 15 is 0 Å². The topological polar surface area (TPSA) is 119 Å². The number of hydrogen-bond donors (Lipinski definition) is 2. The van der Waals surface area contributed by atoms with Crippen molar-refractivity contribution in [2.75, 3.05) is 18.0 Å². The summed E-state index contributed by atoms with van der Waals surface area (Å²) in [5, 5.41) is 2.09. The number of nitrogens with one attached hydrogen (secondary N) is 1. The van der Waals surface area contributed by atoms with Crippen molar-refractivity contribution >= 4 is 40.2 Å². The van der Waals surface area contributed by atoms with Crippen LogP contribution in [-0.4, -0.2) is 49.0 Å². The molecular weight excluding hydrogens is 436 g/mol. The third-order valence-corrected chi connectivity index (χ3v) is 6.07. The quantitative estimate of drug-likeness (QED) is 0.422. The molecule has 0 atom stereocenters. The monoisotopic (exact) mass is 454 g/mol. The van der Waals surface area contributed by atoms with Gasteiger partial charge in [0.25, 0.3) is 0 Å². The fourth-order valence-electron chi connectivity index (χ4n) is 3.30. The number of aromatic amines is 1. The van der Waals surface area contributed by atoms with E-state index in [-0.39, 0.29) is 12.1 Å². The lowest BCUT2D eigenvalue weighted by Gasteiger charge is -2.38. The standard InChI is InChI=1S/C20H19ClN8OS/c1-2-14-16(21)15-17(26-14)27-20(28-18(15)29-9-11(22)10-29)31-13-7-24-19(25-8-13)30-12-4-3-5-23-6-12/h3-8,11H,2,9-10,22H2,1H3,(H,26,27,28). The Kier molecular flexibility index (Phi) is 5.34. The van der Waals surface area contributed by atoms with Gasteiger partial charge in [-0.15, -0.1) is 0 Å². The molecule has 0 saturated carbocycles. The fourth-order valence-corrected chi connectivity index (χ4v) is 4.35.